The molecule has 2 heterocycles. The van der Waals surface area contributed by atoms with Crippen molar-refractivity contribution >= 4 is 29.9 Å². The normalized spacial score (nSPS) is 19.5. The third-order valence-electron chi connectivity index (χ3n) is 4.81. The van der Waals surface area contributed by atoms with Gasteiger partial charge in [0.1, 0.15) is 0 Å². The first-order valence-corrected chi connectivity index (χ1v) is 10.2. The van der Waals surface area contributed by atoms with E-state index in [0.29, 0.717) is 12.0 Å². The van der Waals surface area contributed by atoms with E-state index in [2.05, 4.69) is 15.6 Å². The molecule has 0 saturated carbocycles. The highest BCUT2D eigenvalue weighted by Crippen LogP contribution is 2.14. The van der Waals surface area contributed by atoms with Crippen LogP contribution in [0.1, 0.15) is 38.5 Å². The fourth-order valence-electron chi connectivity index (χ4n) is 3.14. The van der Waals surface area contributed by atoms with Gasteiger partial charge in [0, 0.05) is 66.4 Å². The lowest BCUT2D eigenvalue weighted by atomic mass is 10.0. The molecule has 0 amide bonds. The standard InChI is InChI=1S/C19H37N3O4.HI/c1-20-19(22-9-3-11-26-18-6-14-24-15-7-18)21-8-2-10-25-16-17-4-12-23-13-5-17;/h17-18H,2-16H2,1H3,(H2,20,21,22);1H. The summed E-state index contributed by atoms with van der Waals surface area (Å²) in [6.07, 6.45) is 6.64. The number of halogens is 1. The topological polar surface area (TPSA) is 73.3 Å². The minimum Gasteiger partial charge on any atom is -0.381 e. The molecule has 7 nitrogen and oxygen atoms in total. The van der Waals surface area contributed by atoms with Gasteiger partial charge in [0.05, 0.1) is 6.10 Å². The van der Waals surface area contributed by atoms with Crippen LogP contribution in [-0.2, 0) is 18.9 Å². The number of nitrogens with zero attached hydrogens (tertiary/aromatic N) is 1. The molecule has 2 N–H and O–H groups in total. The Morgan fingerprint density at radius 3 is 2.15 bits per heavy atom. The molecule has 0 aliphatic carbocycles. The lowest BCUT2D eigenvalue weighted by Gasteiger charge is -2.22. The van der Waals surface area contributed by atoms with Crippen LogP contribution in [0.5, 0.6) is 0 Å². The number of ether oxygens (including phenoxy) is 4. The Hall–Kier alpha value is -0.160. The van der Waals surface area contributed by atoms with Gasteiger partial charge in [0.15, 0.2) is 5.96 Å². The van der Waals surface area contributed by atoms with Gasteiger partial charge in [-0.25, -0.2) is 0 Å². The van der Waals surface area contributed by atoms with Gasteiger partial charge in [-0.15, -0.1) is 24.0 Å². The van der Waals surface area contributed by atoms with Gasteiger partial charge in [-0.3, -0.25) is 4.99 Å². The zero-order valence-corrected chi connectivity index (χ0v) is 19.1. The van der Waals surface area contributed by atoms with Crippen molar-refractivity contribution in [3.8, 4) is 0 Å². The summed E-state index contributed by atoms with van der Waals surface area (Å²) in [5.74, 6) is 1.52. The second kappa shape index (κ2) is 16.8. The molecule has 2 fully saturated rings. The van der Waals surface area contributed by atoms with Crippen molar-refractivity contribution in [1.82, 2.24) is 10.6 Å². The number of nitrogens with one attached hydrogen (secondary N) is 2. The van der Waals surface area contributed by atoms with E-state index in [0.717, 1.165) is 104 Å². The first kappa shape index (κ1) is 24.9. The van der Waals surface area contributed by atoms with Crippen LogP contribution in [0.4, 0.5) is 0 Å². The molecule has 27 heavy (non-hydrogen) atoms. The average Bonchev–Trinajstić information content (AvgIpc) is 2.70. The highest BCUT2D eigenvalue weighted by atomic mass is 127. The van der Waals surface area contributed by atoms with Crippen LogP contribution in [0, 0.1) is 5.92 Å². The fraction of sp³-hybridized carbons (Fsp3) is 0.947. The van der Waals surface area contributed by atoms with E-state index in [1.54, 1.807) is 7.05 Å². The number of guanidine groups is 1. The van der Waals surface area contributed by atoms with Crippen LogP contribution < -0.4 is 10.6 Å². The SMILES string of the molecule is CN=C(NCCCOCC1CCOCC1)NCCCOC1CCOCC1.I. The second-order valence-electron chi connectivity index (χ2n) is 6.95. The van der Waals surface area contributed by atoms with E-state index in [4.69, 9.17) is 18.9 Å². The molecule has 0 atom stereocenters. The van der Waals surface area contributed by atoms with Crippen LogP contribution >= 0.6 is 24.0 Å². The molecule has 0 aromatic heterocycles. The van der Waals surface area contributed by atoms with Crippen LogP contribution in [0.25, 0.3) is 0 Å². The van der Waals surface area contributed by atoms with Crippen LogP contribution in [-0.4, -0.2) is 78.4 Å². The number of hydrogen-bond donors (Lipinski definition) is 2. The van der Waals surface area contributed by atoms with Gasteiger partial charge >= 0.3 is 0 Å². The highest BCUT2D eigenvalue weighted by Gasteiger charge is 2.14. The molecule has 0 radical (unpaired) electrons. The average molecular weight is 499 g/mol. The summed E-state index contributed by atoms with van der Waals surface area (Å²) in [6.45, 7) is 7.61. The summed E-state index contributed by atoms with van der Waals surface area (Å²) in [5.41, 5.74) is 0. The molecule has 0 unspecified atom stereocenters. The smallest absolute Gasteiger partial charge is 0.190 e. The summed E-state index contributed by atoms with van der Waals surface area (Å²) in [6, 6.07) is 0. The molecule has 2 rings (SSSR count). The Morgan fingerprint density at radius 1 is 0.926 bits per heavy atom. The molecular weight excluding hydrogens is 461 g/mol. The molecule has 0 bridgehead atoms. The van der Waals surface area contributed by atoms with Crippen LogP contribution in [0.3, 0.4) is 0 Å². The molecule has 2 saturated heterocycles. The number of aliphatic imine (C=N–C) groups is 1. The first-order chi connectivity index (χ1) is 12.9. The minimum atomic E-state index is 0. The van der Waals surface area contributed by atoms with Crippen molar-refractivity contribution < 1.29 is 18.9 Å². The Labute approximate surface area is 181 Å². The van der Waals surface area contributed by atoms with E-state index >= 15 is 0 Å². The van der Waals surface area contributed by atoms with E-state index in [-0.39, 0.29) is 24.0 Å². The molecule has 8 heteroatoms. The van der Waals surface area contributed by atoms with Crippen LogP contribution in [0.2, 0.25) is 0 Å². The maximum absolute atomic E-state index is 5.87. The van der Waals surface area contributed by atoms with Crippen molar-refractivity contribution in [2.75, 3.05) is 66.4 Å². The van der Waals surface area contributed by atoms with Crippen LogP contribution in [0.15, 0.2) is 4.99 Å². The molecule has 160 valence electrons. The van der Waals surface area contributed by atoms with Crippen molar-refractivity contribution in [3.05, 3.63) is 0 Å². The molecular formula is C19H38IN3O4. The lowest BCUT2D eigenvalue weighted by molar-refractivity contribution is -0.0320. The van der Waals surface area contributed by atoms with Crippen molar-refractivity contribution in [2.24, 2.45) is 10.9 Å². The maximum atomic E-state index is 5.87. The van der Waals surface area contributed by atoms with E-state index in [1.165, 1.54) is 0 Å². The van der Waals surface area contributed by atoms with Gasteiger partial charge in [-0.1, -0.05) is 0 Å². The Kier molecular flexibility index (Phi) is 15.4. The maximum Gasteiger partial charge on any atom is 0.190 e. The minimum absolute atomic E-state index is 0. The first-order valence-electron chi connectivity index (χ1n) is 10.2. The zero-order chi connectivity index (χ0) is 18.3. The summed E-state index contributed by atoms with van der Waals surface area (Å²) in [4.78, 5) is 4.25. The predicted molar refractivity (Wildman–Crippen MR) is 118 cm³/mol. The zero-order valence-electron chi connectivity index (χ0n) is 16.7. The summed E-state index contributed by atoms with van der Waals surface area (Å²) >= 11 is 0. The third kappa shape index (κ3) is 12.1. The summed E-state index contributed by atoms with van der Waals surface area (Å²) in [7, 11) is 1.80. The lowest BCUT2D eigenvalue weighted by Crippen LogP contribution is -2.39. The van der Waals surface area contributed by atoms with Crippen molar-refractivity contribution in [2.45, 2.75) is 44.6 Å². The largest absolute Gasteiger partial charge is 0.381 e. The molecule has 0 aromatic carbocycles. The van der Waals surface area contributed by atoms with E-state index in [1.807, 2.05) is 0 Å². The third-order valence-corrected chi connectivity index (χ3v) is 4.81. The summed E-state index contributed by atoms with van der Waals surface area (Å²) < 4.78 is 22.3. The fourth-order valence-corrected chi connectivity index (χ4v) is 3.14. The van der Waals surface area contributed by atoms with Gasteiger partial charge in [0.25, 0.3) is 0 Å². The quantitative estimate of drug-likeness (QED) is 0.197. The molecule has 0 spiro atoms. The van der Waals surface area contributed by atoms with Crippen molar-refractivity contribution in [1.29, 1.82) is 0 Å². The molecule has 2 aliphatic heterocycles. The Morgan fingerprint density at radius 2 is 1.52 bits per heavy atom. The monoisotopic (exact) mass is 499 g/mol. The van der Waals surface area contributed by atoms with Gasteiger partial charge < -0.3 is 29.6 Å². The molecule has 2 aliphatic rings. The number of rotatable bonds is 11. The highest BCUT2D eigenvalue weighted by molar-refractivity contribution is 14.0. The van der Waals surface area contributed by atoms with Gasteiger partial charge in [-0.2, -0.15) is 0 Å². The molecule has 0 aromatic rings. The van der Waals surface area contributed by atoms with Crippen molar-refractivity contribution in [3.63, 3.8) is 0 Å². The Bertz CT molecular complexity index is 376. The second-order valence-corrected chi connectivity index (χ2v) is 6.95. The number of hydrogen-bond acceptors (Lipinski definition) is 5. The van der Waals surface area contributed by atoms with E-state index < -0.39 is 0 Å². The van der Waals surface area contributed by atoms with Gasteiger partial charge in [0.2, 0.25) is 0 Å². The predicted octanol–water partition coefficient (Wildman–Crippen LogP) is 2.19. The Balaban J connectivity index is 0.00000364. The van der Waals surface area contributed by atoms with E-state index in [9.17, 15) is 0 Å². The van der Waals surface area contributed by atoms with Gasteiger partial charge in [-0.05, 0) is 44.4 Å². The summed E-state index contributed by atoms with van der Waals surface area (Å²) in [5, 5.41) is 6.66.